The molecule has 0 aromatic carbocycles. The third kappa shape index (κ3) is 13.1. The van der Waals surface area contributed by atoms with Crippen molar-refractivity contribution >= 4 is 0 Å². The predicted molar refractivity (Wildman–Crippen MR) is 109 cm³/mol. The number of unbranched alkanes of at least 4 members (excludes halogenated alkanes) is 12. The van der Waals surface area contributed by atoms with Crippen molar-refractivity contribution in [1.82, 2.24) is 0 Å². The van der Waals surface area contributed by atoms with Crippen LogP contribution in [0.2, 0.25) is 0 Å². The summed E-state index contributed by atoms with van der Waals surface area (Å²) in [4.78, 5) is 0. The molecule has 0 amide bonds. The Morgan fingerprint density at radius 2 is 1.15 bits per heavy atom. The fraction of sp³-hybridized carbons (Fsp3) is 1.00. The Balaban J connectivity index is 3.92. The van der Waals surface area contributed by atoms with Gasteiger partial charge in [-0.15, -0.1) is 0 Å². The fourth-order valence-corrected chi connectivity index (χ4v) is 3.39. The Labute approximate surface area is 162 Å². The van der Waals surface area contributed by atoms with E-state index in [4.69, 9.17) is 4.74 Å². The van der Waals surface area contributed by atoms with Crippen LogP contribution in [0.25, 0.3) is 0 Å². The number of hydrogen-bond donors (Lipinski definition) is 3. The number of ether oxygens (including phenoxy) is 1. The summed E-state index contributed by atoms with van der Waals surface area (Å²) >= 11 is 0. The van der Waals surface area contributed by atoms with Crippen molar-refractivity contribution in [2.75, 3.05) is 19.8 Å². The smallest absolute Gasteiger partial charge is 0.116 e. The maximum Gasteiger partial charge on any atom is 0.116 e. The van der Waals surface area contributed by atoms with Crippen LogP contribution in [0.4, 0.5) is 0 Å². The van der Waals surface area contributed by atoms with Gasteiger partial charge in [0.15, 0.2) is 0 Å². The van der Waals surface area contributed by atoms with Gasteiger partial charge in [0.2, 0.25) is 0 Å². The van der Waals surface area contributed by atoms with Crippen LogP contribution in [0.1, 0.15) is 110 Å². The minimum Gasteiger partial charge on any atom is -0.394 e. The molecule has 0 saturated carbocycles. The van der Waals surface area contributed by atoms with Gasteiger partial charge in [-0.25, -0.2) is 0 Å². The van der Waals surface area contributed by atoms with Gasteiger partial charge in [-0.05, 0) is 12.8 Å². The Morgan fingerprint density at radius 1 is 0.692 bits per heavy atom. The molecule has 3 N–H and O–H groups in total. The van der Waals surface area contributed by atoms with Crippen LogP contribution in [0, 0.1) is 0 Å². The Bertz CT molecular complexity index is 285. The minimum atomic E-state index is -1.32. The van der Waals surface area contributed by atoms with Crippen molar-refractivity contribution in [2.24, 2.45) is 0 Å². The second-order valence-electron chi connectivity index (χ2n) is 7.80. The molecule has 0 spiro atoms. The van der Waals surface area contributed by atoms with Crippen LogP contribution in [-0.2, 0) is 4.74 Å². The standard InChI is InChI=1S/C22H46O4/c1-3-5-7-9-11-13-15-17-22(25,20-24)21(19-23)26-18-16-14-12-10-8-6-4-2/h21,23-25H,3-20H2,1-2H3. The molecule has 0 rings (SSSR count). The van der Waals surface area contributed by atoms with Gasteiger partial charge >= 0.3 is 0 Å². The van der Waals surface area contributed by atoms with Crippen LogP contribution in [0.5, 0.6) is 0 Å². The molecule has 4 heteroatoms. The summed E-state index contributed by atoms with van der Waals surface area (Å²) < 4.78 is 5.73. The van der Waals surface area contributed by atoms with Gasteiger partial charge in [0.05, 0.1) is 13.2 Å². The minimum absolute atomic E-state index is 0.246. The molecule has 0 bridgehead atoms. The number of aliphatic hydroxyl groups excluding tert-OH is 2. The fourth-order valence-electron chi connectivity index (χ4n) is 3.39. The summed E-state index contributed by atoms with van der Waals surface area (Å²) in [5.41, 5.74) is -1.32. The number of aliphatic hydroxyl groups is 3. The Kier molecular flexibility index (Phi) is 18.1. The van der Waals surface area contributed by atoms with Crippen molar-refractivity contribution in [3.05, 3.63) is 0 Å². The van der Waals surface area contributed by atoms with Gasteiger partial charge in [-0.2, -0.15) is 0 Å². The van der Waals surface area contributed by atoms with E-state index < -0.39 is 11.7 Å². The van der Waals surface area contributed by atoms with Gasteiger partial charge in [0, 0.05) is 6.61 Å². The molecule has 0 radical (unpaired) electrons. The lowest BCUT2D eigenvalue weighted by Crippen LogP contribution is -2.49. The molecule has 0 saturated heterocycles. The van der Waals surface area contributed by atoms with E-state index in [1.807, 2.05) is 0 Å². The summed E-state index contributed by atoms with van der Waals surface area (Å²) in [7, 11) is 0. The molecule has 0 aliphatic carbocycles. The normalized spacial score (nSPS) is 15.1. The van der Waals surface area contributed by atoms with Gasteiger partial charge in [0.25, 0.3) is 0 Å². The van der Waals surface area contributed by atoms with Crippen molar-refractivity contribution in [1.29, 1.82) is 0 Å². The largest absolute Gasteiger partial charge is 0.394 e. The highest BCUT2D eigenvalue weighted by Crippen LogP contribution is 2.22. The van der Waals surface area contributed by atoms with Gasteiger partial charge in [0.1, 0.15) is 11.7 Å². The highest BCUT2D eigenvalue weighted by atomic mass is 16.5. The predicted octanol–water partition coefficient (Wildman–Crippen LogP) is 4.98. The van der Waals surface area contributed by atoms with Crippen molar-refractivity contribution in [3.63, 3.8) is 0 Å². The first-order valence-electron chi connectivity index (χ1n) is 11.2. The zero-order chi connectivity index (χ0) is 19.5. The summed E-state index contributed by atoms with van der Waals surface area (Å²) in [5, 5.41) is 29.9. The molecule has 0 aromatic rings. The van der Waals surface area contributed by atoms with Crippen LogP contribution in [-0.4, -0.2) is 46.8 Å². The number of rotatable bonds is 20. The molecule has 26 heavy (non-hydrogen) atoms. The van der Waals surface area contributed by atoms with Crippen LogP contribution >= 0.6 is 0 Å². The molecular formula is C22H46O4. The first-order chi connectivity index (χ1) is 12.6. The number of hydrogen-bond acceptors (Lipinski definition) is 4. The van der Waals surface area contributed by atoms with Gasteiger partial charge < -0.3 is 20.1 Å². The first kappa shape index (κ1) is 25.8. The van der Waals surface area contributed by atoms with Crippen LogP contribution < -0.4 is 0 Å². The summed E-state index contributed by atoms with van der Waals surface area (Å²) in [5.74, 6) is 0. The third-order valence-electron chi connectivity index (χ3n) is 5.32. The van der Waals surface area contributed by atoms with E-state index in [0.29, 0.717) is 13.0 Å². The van der Waals surface area contributed by atoms with E-state index in [2.05, 4.69) is 13.8 Å². The second-order valence-corrected chi connectivity index (χ2v) is 7.80. The molecular weight excluding hydrogens is 328 g/mol. The summed E-state index contributed by atoms with van der Waals surface area (Å²) in [6, 6.07) is 0. The molecule has 0 aromatic heterocycles. The molecule has 0 aliphatic rings. The van der Waals surface area contributed by atoms with Gasteiger partial charge in [-0.3, -0.25) is 0 Å². The van der Waals surface area contributed by atoms with E-state index in [0.717, 1.165) is 25.7 Å². The van der Waals surface area contributed by atoms with E-state index >= 15 is 0 Å². The van der Waals surface area contributed by atoms with Crippen LogP contribution in [0.15, 0.2) is 0 Å². The van der Waals surface area contributed by atoms with Crippen molar-refractivity contribution in [3.8, 4) is 0 Å². The maximum absolute atomic E-state index is 10.7. The topological polar surface area (TPSA) is 69.9 Å². The van der Waals surface area contributed by atoms with Gasteiger partial charge in [-0.1, -0.05) is 97.3 Å². The van der Waals surface area contributed by atoms with Crippen molar-refractivity contribution < 1.29 is 20.1 Å². The molecule has 0 heterocycles. The molecule has 0 fully saturated rings. The first-order valence-corrected chi connectivity index (χ1v) is 11.2. The van der Waals surface area contributed by atoms with E-state index in [-0.39, 0.29) is 13.2 Å². The highest BCUT2D eigenvalue weighted by Gasteiger charge is 2.36. The lowest BCUT2D eigenvalue weighted by molar-refractivity contribution is -0.151. The SMILES string of the molecule is CCCCCCCCCOC(CO)C(O)(CO)CCCCCCCCC. The van der Waals surface area contributed by atoms with E-state index in [9.17, 15) is 15.3 Å². The third-order valence-corrected chi connectivity index (χ3v) is 5.32. The van der Waals surface area contributed by atoms with Crippen molar-refractivity contribution in [2.45, 2.75) is 122 Å². The zero-order valence-electron chi connectivity index (χ0n) is 17.6. The lowest BCUT2D eigenvalue weighted by Gasteiger charge is -2.33. The average Bonchev–Trinajstić information content (AvgIpc) is 2.66. The Morgan fingerprint density at radius 3 is 1.62 bits per heavy atom. The molecule has 2 unspecified atom stereocenters. The second kappa shape index (κ2) is 18.2. The van der Waals surface area contributed by atoms with E-state index in [1.165, 1.54) is 64.2 Å². The van der Waals surface area contributed by atoms with Crippen LogP contribution in [0.3, 0.4) is 0 Å². The monoisotopic (exact) mass is 374 g/mol. The average molecular weight is 375 g/mol. The highest BCUT2D eigenvalue weighted by molar-refractivity contribution is 4.87. The van der Waals surface area contributed by atoms with E-state index in [1.54, 1.807) is 0 Å². The Hall–Kier alpha value is -0.160. The molecule has 4 nitrogen and oxygen atoms in total. The maximum atomic E-state index is 10.7. The molecule has 158 valence electrons. The molecule has 0 aliphatic heterocycles. The molecule has 2 atom stereocenters. The lowest BCUT2D eigenvalue weighted by atomic mass is 9.90. The quantitative estimate of drug-likeness (QED) is 0.263. The zero-order valence-corrected chi connectivity index (χ0v) is 17.6. The summed E-state index contributed by atoms with van der Waals surface area (Å²) in [6.07, 6.45) is 16.4. The summed E-state index contributed by atoms with van der Waals surface area (Å²) in [6.45, 7) is 4.37.